The molecule has 0 heterocycles. The molecule has 2 aromatic rings. The predicted octanol–water partition coefficient (Wildman–Crippen LogP) is 6.56. The van der Waals surface area contributed by atoms with Crippen LogP contribution in [0.2, 0.25) is 15.1 Å². The van der Waals surface area contributed by atoms with Crippen LogP contribution in [-0.2, 0) is 4.79 Å². The van der Waals surface area contributed by atoms with Gasteiger partial charge in [-0.1, -0.05) is 47.3 Å². The quantitative estimate of drug-likeness (QED) is 0.648. The van der Waals surface area contributed by atoms with Crippen molar-refractivity contribution in [2.24, 2.45) is 5.92 Å². The molecule has 5 heteroatoms. The first-order chi connectivity index (χ1) is 11.5. The topological polar surface area (TPSA) is 29.1 Å². The lowest BCUT2D eigenvalue weighted by molar-refractivity contribution is -0.125. The molecule has 0 bridgehead atoms. The van der Waals surface area contributed by atoms with Crippen molar-refractivity contribution >= 4 is 46.3 Å². The van der Waals surface area contributed by atoms with Crippen molar-refractivity contribution in [2.45, 2.75) is 31.7 Å². The summed E-state index contributed by atoms with van der Waals surface area (Å²) in [5, 5.41) is 5.32. The summed E-state index contributed by atoms with van der Waals surface area (Å²) in [5.41, 5.74) is 1.81. The lowest BCUT2D eigenvalue weighted by atomic mass is 9.80. The van der Waals surface area contributed by atoms with Gasteiger partial charge in [-0.05, 0) is 54.8 Å². The average molecular weight is 383 g/mol. The summed E-state index contributed by atoms with van der Waals surface area (Å²) in [6.07, 6.45) is 3.52. The number of ketones is 1. The number of carbonyl (C=O) groups excluding carboxylic acids is 1. The summed E-state index contributed by atoms with van der Waals surface area (Å²) >= 11 is 18.4. The first-order valence-electron chi connectivity index (χ1n) is 8.04. The van der Waals surface area contributed by atoms with E-state index in [4.69, 9.17) is 34.8 Å². The SMILES string of the molecule is O=C1CCCC[C@@H]1[C@@H](Nc1ccc(Cl)cc1)c1ccc(Cl)cc1Cl. The monoisotopic (exact) mass is 381 g/mol. The molecule has 0 saturated heterocycles. The summed E-state index contributed by atoms with van der Waals surface area (Å²) in [6.45, 7) is 0. The van der Waals surface area contributed by atoms with Crippen LogP contribution in [-0.4, -0.2) is 5.78 Å². The summed E-state index contributed by atoms with van der Waals surface area (Å²) in [4.78, 5) is 12.5. The van der Waals surface area contributed by atoms with Gasteiger partial charge in [-0.25, -0.2) is 0 Å². The van der Waals surface area contributed by atoms with Crippen molar-refractivity contribution in [3.8, 4) is 0 Å². The Hall–Kier alpha value is -1.22. The van der Waals surface area contributed by atoms with Gasteiger partial charge in [0.1, 0.15) is 5.78 Å². The Morgan fingerprint density at radius 2 is 1.67 bits per heavy atom. The van der Waals surface area contributed by atoms with Crippen LogP contribution in [0, 0.1) is 5.92 Å². The van der Waals surface area contributed by atoms with Gasteiger partial charge >= 0.3 is 0 Å². The van der Waals surface area contributed by atoms with Gasteiger partial charge in [-0.3, -0.25) is 4.79 Å². The van der Waals surface area contributed by atoms with Crippen LogP contribution in [0.4, 0.5) is 5.69 Å². The van der Waals surface area contributed by atoms with E-state index in [1.54, 1.807) is 6.07 Å². The van der Waals surface area contributed by atoms with Gasteiger partial charge < -0.3 is 5.32 Å². The molecular formula is C19H18Cl3NO. The third kappa shape index (κ3) is 4.05. The normalized spacial score (nSPS) is 19.1. The number of rotatable bonds is 4. The molecule has 1 saturated carbocycles. The van der Waals surface area contributed by atoms with E-state index in [1.165, 1.54) is 0 Å². The van der Waals surface area contributed by atoms with Crippen LogP contribution in [0.25, 0.3) is 0 Å². The molecule has 0 aliphatic heterocycles. The molecule has 24 heavy (non-hydrogen) atoms. The van der Waals surface area contributed by atoms with Crippen molar-refractivity contribution in [1.29, 1.82) is 0 Å². The van der Waals surface area contributed by atoms with E-state index in [0.717, 1.165) is 30.5 Å². The van der Waals surface area contributed by atoms with Gasteiger partial charge in [0.25, 0.3) is 0 Å². The van der Waals surface area contributed by atoms with E-state index in [0.29, 0.717) is 27.3 Å². The molecule has 0 amide bonds. The minimum Gasteiger partial charge on any atom is -0.377 e. The first-order valence-corrected chi connectivity index (χ1v) is 9.18. The maximum atomic E-state index is 12.5. The highest BCUT2D eigenvalue weighted by Crippen LogP contribution is 2.38. The first kappa shape index (κ1) is 17.6. The van der Waals surface area contributed by atoms with Crippen LogP contribution in [0.5, 0.6) is 0 Å². The molecular weight excluding hydrogens is 365 g/mol. The number of Topliss-reactive ketones (excluding diaryl/α,β-unsaturated/α-hetero) is 1. The molecule has 0 aromatic heterocycles. The standard InChI is InChI=1S/C19H18Cl3NO/c20-12-5-8-14(9-6-12)23-19(16-3-1-2-4-18(16)24)15-10-7-13(21)11-17(15)22/h5-11,16,19,23H,1-4H2/t16-,19-/m0/s1. The number of hydrogen-bond acceptors (Lipinski definition) is 2. The Kier molecular flexibility index (Phi) is 5.70. The summed E-state index contributed by atoms with van der Waals surface area (Å²) in [5.74, 6) is 0.201. The second-order valence-electron chi connectivity index (χ2n) is 6.11. The van der Waals surface area contributed by atoms with Crippen LogP contribution in [0.15, 0.2) is 42.5 Å². The summed E-state index contributed by atoms with van der Waals surface area (Å²) in [7, 11) is 0. The molecule has 3 rings (SSSR count). The molecule has 1 N–H and O–H groups in total. The lowest BCUT2D eigenvalue weighted by Gasteiger charge is -2.31. The van der Waals surface area contributed by atoms with Crippen LogP contribution in [0.1, 0.15) is 37.3 Å². The van der Waals surface area contributed by atoms with Gasteiger partial charge in [0.15, 0.2) is 0 Å². The summed E-state index contributed by atoms with van der Waals surface area (Å²) < 4.78 is 0. The average Bonchev–Trinajstić information content (AvgIpc) is 2.56. The van der Waals surface area contributed by atoms with Crippen molar-refractivity contribution in [1.82, 2.24) is 0 Å². The number of hydrogen-bond donors (Lipinski definition) is 1. The van der Waals surface area contributed by atoms with E-state index in [-0.39, 0.29) is 12.0 Å². The number of anilines is 1. The molecule has 2 aromatic carbocycles. The second-order valence-corrected chi connectivity index (χ2v) is 7.39. The lowest BCUT2D eigenvalue weighted by Crippen LogP contribution is -2.30. The Balaban J connectivity index is 1.96. The van der Waals surface area contributed by atoms with E-state index in [9.17, 15) is 4.79 Å². The minimum atomic E-state index is -0.177. The van der Waals surface area contributed by atoms with E-state index in [1.807, 2.05) is 36.4 Å². The van der Waals surface area contributed by atoms with E-state index >= 15 is 0 Å². The van der Waals surface area contributed by atoms with Crippen LogP contribution >= 0.6 is 34.8 Å². The predicted molar refractivity (Wildman–Crippen MR) is 101 cm³/mol. The molecule has 1 aliphatic rings. The second kappa shape index (κ2) is 7.77. The Morgan fingerprint density at radius 1 is 0.958 bits per heavy atom. The molecule has 126 valence electrons. The maximum Gasteiger partial charge on any atom is 0.138 e. The van der Waals surface area contributed by atoms with Gasteiger partial charge in [-0.2, -0.15) is 0 Å². The molecule has 0 unspecified atom stereocenters. The highest BCUT2D eigenvalue weighted by atomic mass is 35.5. The highest BCUT2D eigenvalue weighted by Gasteiger charge is 2.32. The van der Waals surface area contributed by atoms with Crippen molar-refractivity contribution in [3.05, 3.63) is 63.1 Å². The van der Waals surface area contributed by atoms with Crippen molar-refractivity contribution < 1.29 is 4.79 Å². The smallest absolute Gasteiger partial charge is 0.138 e. The Morgan fingerprint density at radius 3 is 2.33 bits per heavy atom. The van der Waals surface area contributed by atoms with Crippen molar-refractivity contribution in [2.75, 3.05) is 5.32 Å². The zero-order chi connectivity index (χ0) is 17.1. The molecule has 0 radical (unpaired) electrons. The number of carbonyl (C=O) groups is 1. The van der Waals surface area contributed by atoms with Crippen LogP contribution in [0.3, 0.4) is 0 Å². The molecule has 1 aliphatic carbocycles. The van der Waals surface area contributed by atoms with E-state index in [2.05, 4.69) is 5.32 Å². The van der Waals surface area contributed by atoms with Crippen LogP contribution < -0.4 is 5.32 Å². The third-order valence-corrected chi connectivity index (χ3v) is 5.28. The van der Waals surface area contributed by atoms with Gasteiger partial charge in [-0.15, -0.1) is 0 Å². The molecule has 2 atom stereocenters. The molecule has 2 nitrogen and oxygen atoms in total. The Bertz CT molecular complexity index is 730. The van der Waals surface area contributed by atoms with Crippen molar-refractivity contribution in [3.63, 3.8) is 0 Å². The summed E-state index contributed by atoms with van der Waals surface area (Å²) in [6, 6.07) is 12.7. The van der Waals surface area contributed by atoms with Gasteiger partial charge in [0.2, 0.25) is 0 Å². The maximum absolute atomic E-state index is 12.5. The Labute approximate surface area is 157 Å². The number of nitrogens with one attached hydrogen (secondary N) is 1. The number of halogens is 3. The van der Waals surface area contributed by atoms with Gasteiger partial charge in [0.05, 0.1) is 6.04 Å². The fourth-order valence-corrected chi connectivity index (χ4v) is 3.89. The third-order valence-electron chi connectivity index (χ3n) is 4.47. The fraction of sp³-hybridized carbons (Fsp3) is 0.316. The largest absolute Gasteiger partial charge is 0.377 e. The molecule has 0 spiro atoms. The highest BCUT2D eigenvalue weighted by molar-refractivity contribution is 6.35. The zero-order valence-electron chi connectivity index (χ0n) is 13.1. The fourth-order valence-electron chi connectivity index (χ4n) is 3.24. The van der Waals surface area contributed by atoms with E-state index < -0.39 is 0 Å². The zero-order valence-corrected chi connectivity index (χ0v) is 15.3. The van der Waals surface area contributed by atoms with Gasteiger partial charge in [0, 0.05) is 33.1 Å². The molecule has 1 fully saturated rings. The minimum absolute atomic E-state index is 0.0897. The number of benzene rings is 2.